The lowest BCUT2D eigenvalue weighted by molar-refractivity contribution is 0.0722. The fraction of sp³-hybridized carbons (Fsp3) is 0.370. The van der Waals surface area contributed by atoms with Crippen molar-refractivity contribution in [2.24, 2.45) is 0 Å². The molecule has 0 bridgehead atoms. The Labute approximate surface area is 193 Å². The Morgan fingerprint density at radius 2 is 1.73 bits per heavy atom. The first-order valence-electron chi connectivity index (χ1n) is 12.0. The third-order valence-corrected chi connectivity index (χ3v) is 6.86. The second kappa shape index (κ2) is 8.18. The molecular formula is C27H28N4O2. The normalized spacial score (nSPS) is 17.0. The first-order chi connectivity index (χ1) is 16.2. The molecule has 2 aromatic carbocycles. The highest BCUT2D eigenvalue weighted by atomic mass is 16.2. The lowest BCUT2D eigenvalue weighted by atomic mass is 10.1. The molecule has 168 valence electrons. The van der Waals surface area contributed by atoms with Crippen LogP contribution in [0, 0.1) is 0 Å². The summed E-state index contributed by atoms with van der Waals surface area (Å²) in [4.78, 5) is 28.0. The van der Waals surface area contributed by atoms with Crippen LogP contribution in [0.2, 0.25) is 0 Å². The van der Waals surface area contributed by atoms with E-state index in [1.807, 2.05) is 64.2 Å². The van der Waals surface area contributed by atoms with Crippen LogP contribution in [0.25, 0.3) is 5.69 Å². The Kier molecular flexibility index (Phi) is 5.01. The molecule has 2 fully saturated rings. The molecule has 6 nitrogen and oxygen atoms in total. The van der Waals surface area contributed by atoms with Crippen molar-refractivity contribution in [1.29, 1.82) is 0 Å². The zero-order chi connectivity index (χ0) is 22.4. The number of rotatable bonds is 7. The zero-order valence-corrected chi connectivity index (χ0v) is 18.7. The summed E-state index contributed by atoms with van der Waals surface area (Å²) in [7, 11) is 0. The minimum atomic E-state index is -0.0128. The van der Waals surface area contributed by atoms with E-state index in [1.165, 1.54) is 5.69 Å². The van der Waals surface area contributed by atoms with E-state index in [0.717, 1.165) is 61.8 Å². The summed E-state index contributed by atoms with van der Waals surface area (Å²) in [5.74, 6) is 0.0158. The van der Waals surface area contributed by atoms with Crippen LogP contribution in [0.4, 0.5) is 0 Å². The minimum absolute atomic E-state index is 0.0128. The first-order valence-corrected chi connectivity index (χ1v) is 12.0. The highest BCUT2D eigenvalue weighted by Gasteiger charge is 2.37. The summed E-state index contributed by atoms with van der Waals surface area (Å²) < 4.78 is 1.97. The van der Waals surface area contributed by atoms with Gasteiger partial charge in [-0.2, -0.15) is 5.10 Å². The molecule has 1 aromatic heterocycles. The lowest BCUT2D eigenvalue weighted by Crippen LogP contribution is -2.33. The fourth-order valence-electron chi connectivity index (χ4n) is 4.74. The van der Waals surface area contributed by atoms with Crippen LogP contribution in [0.1, 0.15) is 69.8 Å². The smallest absolute Gasteiger partial charge is 0.275 e. The number of benzene rings is 2. The van der Waals surface area contributed by atoms with E-state index < -0.39 is 0 Å². The van der Waals surface area contributed by atoms with Gasteiger partial charge in [0, 0.05) is 35.4 Å². The number of nitrogens with zero attached hydrogens (tertiary/aromatic N) is 3. The third kappa shape index (κ3) is 4.06. The molecule has 0 radical (unpaired) electrons. The molecule has 3 aromatic rings. The molecule has 0 unspecified atom stereocenters. The van der Waals surface area contributed by atoms with Crippen LogP contribution in [0.3, 0.4) is 0 Å². The number of aromatic nitrogens is 2. The molecule has 0 atom stereocenters. The average Bonchev–Trinajstić information content (AvgIpc) is 3.76. The van der Waals surface area contributed by atoms with Crippen molar-refractivity contribution in [3.05, 3.63) is 82.7 Å². The number of nitrogens with one attached hydrogen (secondary N) is 1. The monoisotopic (exact) mass is 440 g/mol. The van der Waals surface area contributed by atoms with Crippen LogP contribution < -0.4 is 5.32 Å². The number of carbonyl (C=O) groups is 2. The van der Waals surface area contributed by atoms with Crippen molar-refractivity contribution < 1.29 is 9.59 Å². The predicted octanol–water partition coefficient (Wildman–Crippen LogP) is 4.06. The Hall–Kier alpha value is -3.41. The summed E-state index contributed by atoms with van der Waals surface area (Å²) in [6.45, 7) is 0.543. The van der Waals surface area contributed by atoms with E-state index in [-0.39, 0.29) is 17.9 Å². The largest absolute Gasteiger partial charge is 0.349 e. The molecule has 0 spiro atoms. The van der Waals surface area contributed by atoms with Crippen LogP contribution in [-0.2, 0) is 19.4 Å². The molecule has 33 heavy (non-hydrogen) atoms. The van der Waals surface area contributed by atoms with Crippen LogP contribution in [0.5, 0.6) is 0 Å². The van der Waals surface area contributed by atoms with E-state index in [1.54, 1.807) is 0 Å². The second-order valence-corrected chi connectivity index (χ2v) is 9.48. The summed E-state index contributed by atoms with van der Waals surface area (Å²) in [5, 5.41) is 7.84. The van der Waals surface area contributed by atoms with Crippen molar-refractivity contribution in [2.45, 2.75) is 63.6 Å². The summed E-state index contributed by atoms with van der Waals surface area (Å²) in [6, 6.07) is 18.4. The number of amides is 2. The highest BCUT2D eigenvalue weighted by molar-refractivity contribution is 5.95. The van der Waals surface area contributed by atoms with Crippen molar-refractivity contribution in [3.63, 3.8) is 0 Å². The van der Waals surface area contributed by atoms with Crippen LogP contribution in [0.15, 0.2) is 54.6 Å². The standard InChI is InChI=1S/C27H28N4O2/c32-26(28-20-13-14-20)19-11-9-18(10-12-19)17-30(21-15-16-21)27(33)25-23-7-4-8-24(23)31(29-25)22-5-2-1-3-6-22/h1-3,5-6,9-12,20-21H,4,7-8,13-17H2,(H,28,32). The Morgan fingerprint density at radius 3 is 2.42 bits per heavy atom. The van der Waals surface area contributed by atoms with Gasteiger partial charge in [-0.05, 0) is 74.8 Å². The molecule has 1 heterocycles. The van der Waals surface area contributed by atoms with Gasteiger partial charge in [0.1, 0.15) is 0 Å². The summed E-state index contributed by atoms with van der Waals surface area (Å²) >= 11 is 0. The molecule has 0 saturated heterocycles. The quantitative estimate of drug-likeness (QED) is 0.603. The fourth-order valence-corrected chi connectivity index (χ4v) is 4.74. The van der Waals surface area contributed by atoms with E-state index in [0.29, 0.717) is 23.8 Å². The van der Waals surface area contributed by atoms with Gasteiger partial charge in [0.2, 0.25) is 0 Å². The van der Waals surface area contributed by atoms with Crippen molar-refractivity contribution in [3.8, 4) is 5.69 Å². The Morgan fingerprint density at radius 1 is 0.970 bits per heavy atom. The van der Waals surface area contributed by atoms with Crippen molar-refractivity contribution in [2.75, 3.05) is 0 Å². The van der Waals surface area contributed by atoms with E-state index in [4.69, 9.17) is 5.10 Å². The maximum atomic E-state index is 13.7. The van der Waals surface area contributed by atoms with Gasteiger partial charge in [0.15, 0.2) is 5.69 Å². The van der Waals surface area contributed by atoms with Gasteiger partial charge in [-0.3, -0.25) is 9.59 Å². The topological polar surface area (TPSA) is 67.2 Å². The average molecular weight is 441 g/mol. The van der Waals surface area contributed by atoms with Gasteiger partial charge in [-0.1, -0.05) is 30.3 Å². The molecule has 3 aliphatic carbocycles. The Balaban J connectivity index is 1.24. The van der Waals surface area contributed by atoms with E-state index in [2.05, 4.69) is 5.32 Å². The molecule has 2 amide bonds. The summed E-state index contributed by atoms with van der Waals surface area (Å²) in [6.07, 6.45) is 7.15. The zero-order valence-electron chi connectivity index (χ0n) is 18.7. The van der Waals surface area contributed by atoms with Gasteiger partial charge in [0.25, 0.3) is 11.8 Å². The van der Waals surface area contributed by atoms with Gasteiger partial charge in [-0.25, -0.2) is 4.68 Å². The molecule has 1 N–H and O–H groups in total. The lowest BCUT2D eigenvalue weighted by Gasteiger charge is -2.22. The number of fused-ring (bicyclic) bond motifs is 1. The third-order valence-electron chi connectivity index (χ3n) is 6.86. The van der Waals surface area contributed by atoms with E-state index in [9.17, 15) is 9.59 Å². The molecule has 2 saturated carbocycles. The number of hydrogen-bond acceptors (Lipinski definition) is 3. The van der Waals surface area contributed by atoms with Gasteiger partial charge in [0.05, 0.1) is 5.69 Å². The molecule has 6 rings (SSSR count). The number of hydrogen-bond donors (Lipinski definition) is 1. The molecule has 3 aliphatic rings. The predicted molar refractivity (Wildman–Crippen MR) is 125 cm³/mol. The Bertz CT molecular complexity index is 1190. The van der Waals surface area contributed by atoms with E-state index >= 15 is 0 Å². The molecular weight excluding hydrogens is 412 g/mol. The minimum Gasteiger partial charge on any atom is -0.349 e. The van der Waals surface area contributed by atoms with Gasteiger partial charge < -0.3 is 10.2 Å². The van der Waals surface area contributed by atoms with Gasteiger partial charge >= 0.3 is 0 Å². The summed E-state index contributed by atoms with van der Waals surface area (Å²) in [5.41, 5.74) is 5.62. The SMILES string of the molecule is O=C(NC1CC1)c1ccc(CN(C(=O)c2nn(-c3ccccc3)c3c2CCC3)C2CC2)cc1. The van der Waals surface area contributed by atoms with Gasteiger partial charge in [-0.15, -0.1) is 0 Å². The number of carbonyl (C=O) groups excluding carboxylic acids is 2. The molecule has 0 aliphatic heterocycles. The van der Waals surface area contributed by atoms with Crippen LogP contribution >= 0.6 is 0 Å². The van der Waals surface area contributed by atoms with Crippen LogP contribution in [-0.4, -0.2) is 38.6 Å². The maximum Gasteiger partial charge on any atom is 0.275 e. The molecule has 6 heteroatoms. The van der Waals surface area contributed by atoms with Crippen molar-refractivity contribution >= 4 is 11.8 Å². The maximum absolute atomic E-state index is 13.7. The first kappa shape index (κ1) is 20.2. The number of para-hydroxylation sites is 1. The second-order valence-electron chi connectivity index (χ2n) is 9.48. The van der Waals surface area contributed by atoms with Crippen molar-refractivity contribution in [1.82, 2.24) is 20.0 Å². The highest BCUT2D eigenvalue weighted by Crippen LogP contribution is 2.33.